The number of hydrogen-bond acceptors (Lipinski definition) is 3. The predicted octanol–water partition coefficient (Wildman–Crippen LogP) is 2.41. The first-order chi connectivity index (χ1) is 10.6. The van der Waals surface area contributed by atoms with Crippen LogP contribution in [-0.2, 0) is 4.79 Å². The molecule has 0 saturated carbocycles. The molecule has 0 saturated heterocycles. The predicted molar refractivity (Wildman–Crippen MR) is 79.2 cm³/mol. The van der Waals surface area contributed by atoms with E-state index in [0.29, 0.717) is 28.9 Å². The van der Waals surface area contributed by atoms with Crippen LogP contribution in [-0.4, -0.2) is 16.0 Å². The molecule has 0 spiro atoms. The van der Waals surface area contributed by atoms with E-state index >= 15 is 0 Å². The second-order valence-electron chi connectivity index (χ2n) is 5.65. The van der Waals surface area contributed by atoms with Crippen molar-refractivity contribution in [2.24, 2.45) is 0 Å². The summed E-state index contributed by atoms with van der Waals surface area (Å²) in [7, 11) is 0. The normalized spacial score (nSPS) is 20.4. The van der Waals surface area contributed by atoms with Gasteiger partial charge in [-0.2, -0.15) is 0 Å². The van der Waals surface area contributed by atoms with Crippen LogP contribution in [0.3, 0.4) is 0 Å². The second kappa shape index (κ2) is 4.69. The van der Waals surface area contributed by atoms with Gasteiger partial charge in [0.2, 0.25) is 0 Å². The molecule has 0 radical (unpaired) electrons. The molecule has 2 aromatic rings. The Kier molecular flexibility index (Phi) is 2.79. The van der Waals surface area contributed by atoms with Gasteiger partial charge in [0.05, 0.1) is 5.56 Å². The van der Waals surface area contributed by atoms with Gasteiger partial charge in [0.1, 0.15) is 11.6 Å². The summed E-state index contributed by atoms with van der Waals surface area (Å²) in [6.07, 6.45) is 1.99. The van der Waals surface area contributed by atoms with E-state index in [4.69, 9.17) is 0 Å². The molecule has 1 aromatic heterocycles. The van der Waals surface area contributed by atoms with Gasteiger partial charge in [0.15, 0.2) is 5.78 Å². The van der Waals surface area contributed by atoms with Crippen LogP contribution in [0.15, 0.2) is 40.3 Å². The molecular weight excluding hydrogens is 285 g/mol. The van der Waals surface area contributed by atoms with E-state index in [-0.39, 0.29) is 17.2 Å². The van der Waals surface area contributed by atoms with Crippen molar-refractivity contribution in [3.63, 3.8) is 0 Å². The van der Waals surface area contributed by atoms with E-state index in [0.717, 1.165) is 18.5 Å². The van der Waals surface area contributed by atoms with E-state index in [1.165, 1.54) is 12.1 Å². The molecule has 1 aromatic carbocycles. The summed E-state index contributed by atoms with van der Waals surface area (Å²) in [6, 6.07) is 6.09. The van der Waals surface area contributed by atoms with Gasteiger partial charge >= 0.3 is 0 Å². The Labute approximate surface area is 125 Å². The molecule has 2 aliphatic rings. The van der Waals surface area contributed by atoms with Crippen molar-refractivity contribution >= 4 is 11.6 Å². The molecule has 4 rings (SSSR count). The minimum atomic E-state index is -0.523. The quantitative estimate of drug-likeness (QED) is 0.756. The molecule has 112 valence electrons. The van der Waals surface area contributed by atoms with Gasteiger partial charge < -0.3 is 5.32 Å². The third kappa shape index (κ3) is 1.83. The third-order valence-electron chi connectivity index (χ3n) is 4.31. The molecule has 3 N–H and O–H groups in total. The maximum absolute atomic E-state index is 13.6. The first-order valence-corrected chi connectivity index (χ1v) is 7.24. The van der Waals surface area contributed by atoms with Crippen LogP contribution in [0.5, 0.6) is 0 Å². The number of anilines is 1. The molecule has 0 bridgehead atoms. The van der Waals surface area contributed by atoms with E-state index in [1.54, 1.807) is 12.1 Å². The van der Waals surface area contributed by atoms with Gasteiger partial charge in [0.25, 0.3) is 5.56 Å². The number of ketones is 1. The molecule has 1 aliphatic heterocycles. The fraction of sp³-hybridized carbons (Fsp3) is 0.250. The van der Waals surface area contributed by atoms with Gasteiger partial charge in [0, 0.05) is 23.6 Å². The number of hydrogen-bond donors (Lipinski definition) is 3. The Morgan fingerprint density at radius 2 is 2.00 bits per heavy atom. The van der Waals surface area contributed by atoms with Gasteiger partial charge in [-0.3, -0.25) is 19.8 Å². The number of benzene rings is 1. The lowest BCUT2D eigenvalue weighted by molar-refractivity contribution is -0.116. The number of halogens is 1. The number of Topliss-reactive ketones (excluding diaryl/α,β-unsaturated/α-hetero) is 1. The maximum atomic E-state index is 13.6. The first kappa shape index (κ1) is 13.1. The van der Waals surface area contributed by atoms with E-state index in [1.807, 2.05) is 0 Å². The summed E-state index contributed by atoms with van der Waals surface area (Å²) in [5.41, 5.74) is 2.19. The minimum Gasteiger partial charge on any atom is -0.343 e. The minimum absolute atomic E-state index is 0.0225. The number of rotatable bonds is 1. The summed E-state index contributed by atoms with van der Waals surface area (Å²) in [6.45, 7) is 0. The van der Waals surface area contributed by atoms with Crippen molar-refractivity contribution in [3.8, 4) is 0 Å². The summed E-state index contributed by atoms with van der Waals surface area (Å²) >= 11 is 0. The first-order valence-electron chi connectivity index (χ1n) is 7.24. The van der Waals surface area contributed by atoms with Gasteiger partial charge in [-0.15, -0.1) is 0 Å². The van der Waals surface area contributed by atoms with Crippen LogP contribution in [0.2, 0.25) is 0 Å². The van der Waals surface area contributed by atoms with Crippen LogP contribution in [0.1, 0.15) is 36.3 Å². The van der Waals surface area contributed by atoms with Gasteiger partial charge in [-0.25, -0.2) is 4.39 Å². The number of carbonyl (C=O) groups excluding carboxylic acids is 1. The average Bonchev–Trinajstić information content (AvgIpc) is 2.87. The average molecular weight is 299 g/mol. The van der Waals surface area contributed by atoms with Crippen LogP contribution in [0, 0.1) is 5.82 Å². The van der Waals surface area contributed by atoms with Crippen LogP contribution >= 0.6 is 0 Å². The molecule has 6 heteroatoms. The van der Waals surface area contributed by atoms with Crippen molar-refractivity contribution in [3.05, 3.63) is 62.8 Å². The largest absolute Gasteiger partial charge is 0.343 e. The van der Waals surface area contributed by atoms with Crippen molar-refractivity contribution in [1.82, 2.24) is 10.2 Å². The highest BCUT2D eigenvalue weighted by Gasteiger charge is 2.37. The van der Waals surface area contributed by atoms with Crippen molar-refractivity contribution in [2.45, 2.75) is 25.2 Å². The number of aromatic nitrogens is 2. The van der Waals surface area contributed by atoms with Crippen molar-refractivity contribution in [2.75, 3.05) is 5.32 Å². The number of aromatic amines is 2. The Morgan fingerprint density at radius 1 is 1.14 bits per heavy atom. The highest BCUT2D eigenvalue weighted by molar-refractivity contribution is 6.00. The summed E-state index contributed by atoms with van der Waals surface area (Å²) in [5.74, 6) is -0.318. The molecule has 5 nitrogen and oxygen atoms in total. The number of fused-ring (bicyclic) bond motifs is 1. The lowest BCUT2D eigenvalue weighted by Crippen LogP contribution is -2.29. The Morgan fingerprint density at radius 3 is 2.82 bits per heavy atom. The zero-order chi connectivity index (χ0) is 15.3. The van der Waals surface area contributed by atoms with Crippen LogP contribution in [0.4, 0.5) is 10.2 Å². The second-order valence-corrected chi connectivity index (χ2v) is 5.65. The zero-order valence-electron chi connectivity index (χ0n) is 11.7. The highest BCUT2D eigenvalue weighted by atomic mass is 19.1. The Bertz CT molecular complexity index is 862. The van der Waals surface area contributed by atoms with Crippen LogP contribution < -0.4 is 10.9 Å². The summed E-state index contributed by atoms with van der Waals surface area (Å²) < 4.78 is 13.6. The number of H-pyrrole nitrogens is 2. The molecular formula is C16H14FN3O2. The number of nitrogens with one attached hydrogen (secondary N) is 3. The molecule has 0 fully saturated rings. The molecule has 0 amide bonds. The standard InChI is InChI=1S/C16H14FN3O2/c17-9-4-1-3-8(7-9)12-13-10(5-2-6-11(13)21)18-15-14(12)16(22)20-19-15/h1,3-4,7,12H,2,5-6H2,(H3,18,19,20,22)/t12-/m0/s1. The monoisotopic (exact) mass is 299 g/mol. The molecule has 1 atom stereocenters. The highest BCUT2D eigenvalue weighted by Crippen LogP contribution is 2.43. The van der Waals surface area contributed by atoms with Crippen LogP contribution in [0.25, 0.3) is 0 Å². The molecule has 22 heavy (non-hydrogen) atoms. The Balaban J connectivity index is 1.98. The number of carbonyl (C=O) groups is 1. The Hall–Kier alpha value is -2.63. The fourth-order valence-corrected chi connectivity index (χ4v) is 3.38. The lowest BCUT2D eigenvalue weighted by Gasteiger charge is -2.31. The van der Waals surface area contributed by atoms with Crippen molar-refractivity contribution < 1.29 is 9.18 Å². The maximum Gasteiger partial charge on any atom is 0.270 e. The SMILES string of the molecule is O=C1CCCC2=C1[C@H](c1cccc(F)c1)c1c([nH][nH]c1=O)N2. The van der Waals surface area contributed by atoms with Gasteiger partial charge in [-0.1, -0.05) is 12.1 Å². The van der Waals surface area contributed by atoms with Crippen molar-refractivity contribution in [1.29, 1.82) is 0 Å². The number of allylic oxidation sites excluding steroid dienone is 2. The van der Waals surface area contributed by atoms with E-state index in [9.17, 15) is 14.0 Å². The smallest absolute Gasteiger partial charge is 0.270 e. The molecule has 1 aliphatic carbocycles. The lowest BCUT2D eigenvalue weighted by atomic mass is 9.77. The van der Waals surface area contributed by atoms with Gasteiger partial charge in [-0.05, 0) is 30.5 Å². The van der Waals surface area contributed by atoms with E-state index < -0.39 is 5.92 Å². The van der Waals surface area contributed by atoms with E-state index in [2.05, 4.69) is 15.5 Å². The summed E-state index contributed by atoms with van der Waals surface area (Å²) in [5, 5.41) is 8.49. The molecule has 0 unspecified atom stereocenters. The molecule has 2 heterocycles. The fourth-order valence-electron chi connectivity index (χ4n) is 3.38. The topological polar surface area (TPSA) is 77.8 Å². The zero-order valence-corrected chi connectivity index (χ0v) is 11.7. The third-order valence-corrected chi connectivity index (χ3v) is 4.31. The summed E-state index contributed by atoms with van der Waals surface area (Å²) in [4.78, 5) is 24.6.